The van der Waals surface area contributed by atoms with Gasteiger partial charge in [0, 0.05) is 13.5 Å². The lowest BCUT2D eigenvalue weighted by atomic mass is 10.0. The van der Waals surface area contributed by atoms with E-state index in [1.165, 1.54) is 17.8 Å². The van der Waals surface area contributed by atoms with Crippen molar-refractivity contribution in [2.24, 2.45) is 0 Å². The first-order valence-corrected chi connectivity index (χ1v) is 9.33. The molecule has 1 unspecified atom stereocenters. The molecule has 7 heteroatoms. The Hall–Kier alpha value is -2.67. The highest BCUT2D eigenvalue weighted by molar-refractivity contribution is 7.98. The lowest BCUT2D eigenvalue weighted by Gasteiger charge is -2.20. The molecule has 0 saturated carbocycles. The smallest absolute Gasteiger partial charge is 0.258 e. The SMILES string of the molecule is CSc1nc(-c2ccco2)c2c(n1)C(Cc1ccccc1F)N(C)C2=O. The Morgan fingerprint density at radius 1 is 1.23 bits per heavy atom. The molecule has 3 aromatic rings. The van der Waals surface area contributed by atoms with E-state index in [0.717, 1.165) is 0 Å². The van der Waals surface area contributed by atoms with Gasteiger partial charge in [0.25, 0.3) is 5.91 Å². The monoisotopic (exact) mass is 369 g/mol. The maximum absolute atomic E-state index is 14.1. The van der Waals surface area contributed by atoms with Crippen molar-refractivity contribution in [3.8, 4) is 11.5 Å². The van der Waals surface area contributed by atoms with Crippen LogP contribution in [0.15, 0.2) is 52.2 Å². The van der Waals surface area contributed by atoms with E-state index < -0.39 is 0 Å². The van der Waals surface area contributed by atoms with E-state index in [1.54, 1.807) is 48.5 Å². The first-order chi connectivity index (χ1) is 12.6. The molecule has 3 heterocycles. The molecule has 0 aliphatic carbocycles. The summed E-state index contributed by atoms with van der Waals surface area (Å²) in [6.45, 7) is 0. The van der Waals surface area contributed by atoms with Crippen molar-refractivity contribution < 1.29 is 13.6 Å². The molecule has 26 heavy (non-hydrogen) atoms. The average molecular weight is 369 g/mol. The number of likely N-dealkylation sites (N-methyl/N-ethyl adjacent to an activating group) is 1. The number of rotatable bonds is 4. The van der Waals surface area contributed by atoms with E-state index in [-0.39, 0.29) is 17.8 Å². The Kier molecular flexibility index (Phi) is 4.24. The number of halogens is 1. The minimum atomic E-state index is -0.350. The van der Waals surface area contributed by atoms with Crippen LogP contribution in [0.1, 0.15) is 27.7 Å². The summed E-state index contributed by atoms with van der Waals surface area (Å²) in [6.07, 6.45) is 3.77. The van der Waals surface area contributed by atoms with Gasteiger partial charge in [-0.15, -0.1) is 0 Å². The second kappa shape index (κ2) is 6.57. The first-order valence-electron chi connectivity index (χ1n) is 8.10. The molecule has 0 spiro atoms. The zero-order chi connectivity index (χ0) is 18.3. The van der Waals surface area contributed by atoms with E-state index in [0.29, 0.717) is 39.9 Å². The number of amides is 1. The second-order valence-corrected chi connectivity index (χ2v) is 6.80. The summed E-state index contributed by atoms with van der Waals surface area (Å²) in [5, 5.41) is 0.553. The van der Waals surface area contributed by atoms with Crippen LogP contribution in [0.3, 0.4) is 0 Å². The van der Waals surface area contributed by atoms with Crippen LogP contribution in [0.5, 0.6) is 0 Å². The Balaban J connectivity index is 1.85. The average Bonchev–Trinajstić information content (AvgIpc) is 3.26. The number of nitrogens with zero attached hydrogens (tertiary/aromatic N) is 3. The molecule has 1 aromatic carbocycles. The van der Waals surface area contributed by atoms with Crippen LogP contribution in [0.25, 0.3) is 11.5 Å². The van der Waals surface area contributed by atoms with E-state index in [2.05, 4.69) is 9.97 Å². The predicted molar refractivity (Wildman–Crippen MR) is 96.5 cm³/mol. The van der Waals surface area contributed by atoms with Crippen molar-refractivity contribution >= 4 is 17.7 Å². The van der Waals surface area contributed by atoms with Crippen LogP contribution in [-0.4, -0.2) is 34.1 Å². The lowest BCUT2D eigenvalue weighted by Crippen LogP contribution is -2.25. The van der Waals surface area contributed by atoms with Crippen molar-refractivity contribution in [1.82, 2.24) is 14.9 Å². The maximum Gasteiger partial charge on any atom is 0.258 e. The van der Waals surface area contributed by atoms with Gasteiger partial charge in [0.15, 0.2) is 10.9 Å². The van der Waals surface area contributed by atoms with Gasteiger partial charge >= 0.3 is 0 Å². The number of fused-ring (bicyclic) bond motifs is 1. The summed E-state index contributed by atoms with van der Waals surface area (Å²) in [7, 11) is 1.71. The maximum atomic E-state index is 14.1. The quantitative estimate of drug-likeness (QED) is 0.514. The third kappa shape index (κ3) is 2.68. The van der Waals surface area contributed by atoms with Gasteiger partial charge in [0.05, 0.1) is 23.6 Å². The van der Waals surface area contributed by atoms with Crippen molar-refractivity contribution in [3.63, 3.8) is 0 Å². The summed E-state index contributed by atoms with van der Waals surface area (Å²) in [5.74, 6) is 0.0554. The Morgan fingerprint density at radius 2 is 2.04 bits per heavy atom. The van der Waals surface area contributed by atoms with Gasteiger partial charge in [-0.3, -0.25) is 4.79 Å². The Labute approximate surface area is 154 Å². The molecule has 1 amide bonds. The van der Waals surface area contributed by atoms with Crippen LogP contribution >= 0.6 is 11.8 Å². The fourth-order valence-corrected chi connectivity index (χ4v) is 3.57. The van der Waals surface area contributed by atoms with Gasteiger partial charge in [-0.1, -0.05) is 30.0 Å². The molecule has 0 radical (unpaired) electrons. The summed E-state index contributed by atoms with van der Waals surface area (Å²) in [4.78, 5) is 23.6. The molecular formula is C19H16FN3O2S. The molecule has 1 aliphatic rings. The van der Waals surface area contributed by atoms with Crippen molar-refractivity contribution in [2.45, 2.75) is 17.6 Å². The molecule has 2 aromatic heterocycles. The molecule has 132 valence electrons. The molecule has 0 bridgehead atoms. The van der Waals surface area contributed by atoms with Gasteiger partial charge < -0.3 is 9.32 Å². The summed E-state index contributed by atoms with van der Waals surface area (Å²) < 4.78 is 19.6. The minimum absolute atomic E-state index is 0.180. The van der Waals surface area contributed by atoms with Crippen LogP contribution in [0.4, 0.5) is 4.39 Å². The summed E-state index contributed by atoms with van der Waals surface area (Å²) >= 11 is 1.39. The molecule has 0 fully saturated rings. The highest BCUT2D eigenvalue weighted by Crippen LogP contribution is 2.39. The number of thioether (sulfide) groups is 1. The van der Waals surface area contributed by atoms with E-state index in [9.17, 15) is 9.18 Å². The molecular weight excluding hydrogens is 353 g/mol. The number of carbonyl (C=O) groups excluding carboxylic acids is 1. The van der Waals surface area contributed by atoms with Crippen molar-refractivity contribution in [3.05, 3.63) is 65.3 Å². The predicted octanol–water partition coefficient (Wildman–Crippen LogP) is 3.97. The van der Waals surface area contributed by atoms with E-state index in [1.807, 2.05) is 6.26 Å². The number of hydrogen-bond donors (Lipinski definition) is 0. The second-order valence-electron chi connectivity index (χ2n) is 6.02. The topological polar surface area (TPSA) is 59.2 Å². The fraction of sp³-hybridized carbons (Fsp3) is 0.211. The van der Waals surface area contributed by atoms with Crippen LogP contribution in [0.2, 0.25) is 0 Å². The van der Waals surface area contributed by atoms with Crippen molar-refractivity contribution in [2.75, 3.05) is 13.3 Å². The number of hydrogen-bond acceptors (Lipinski definition) is 5. The molecule has 0 N–H and O–H groups in total. The van der Waals surface area contributed by atoms with E-state index in [4.69, 9.17) is 4.42 Å². The zero-order valence-electron chi connectivity index (χ0n) is 14.3. The summed E-state index contributed by atoms with van der Waals surface area (Å²) in [5.41, 5.74) is 2.08. The fourth-order valence-electron chi connectivity index (χ4n) is 3.20. The zero-order valence-corrected chi connectivity index (χ0v) is 15.1. The Morgan fingerprint density at radius 3 is 2.73 bits per heavy atom. The highest BCUT2D eigenvalue weighted by atomic mass is 32.2. The van der Waals surface area contributed by atoms with Crippen LogP contribution in [0, 0.1) is 5.82 Å². The van der Waals surface area contributed by atoms with Gasteiger partial charge in [-0.25, -0.2) is 14.4 Å². The molecule has 1 aliphatic heterocycles. The normalized spacial score (nSPS) is 16.2. The van der Waals surface area contributed by atoms with E-state index >= 15 is 0 Å². The minimum Gasteiger partial charge on any atom is -0.463 e. The van der Waals surface area contributed by atoms with Crippen LogP contribution in [-0.2, 0) is 6.42 Å². The lowest BCUT2D eigenvalue weighted by molar-refractivity contribution is 0.0772. The van der Waals surface area contributed by atoms with Gasteiger partial charge in [0.2, 0.25) is 0 Å². The van der Waals surface area contributed by atoms with Gasteiger partial charge in [-0.05, 0) is 30.0 Å². The highest BCUT2D eigenvalue weighted by Gasteiger charge is 2.40. The number of aromatic nitrogens is 2. The standard InChI is InChI=1S/C19H16FN3O2S/c1-23-13(10-11-6-3-4-7-12(11)20)16-15(18(23)24)17(14-8-5-9-25-14)22-19(21-16)26-2/h3-9,13H,10H2,1-2H3. The third-order valence-electron chi connectivity index (χ3n) is 4.54. The van der Waals surface area contributed by atoms with Gasteiger partial charge in [-0.2, -0.15) is 0 Å². The molecule has 1 atom stereocenters. The molecule has 0 saturated heterocycles. The van der Waals surface area contributed by atoms with Crippen molar-refractivity contribution in [1.29, 1.82) is 0 Å². The number of benzene rings is 1. The summed E-state index contributed by atoms with van der Waals surface area (Å²) in [6, 6.07) is 9.77. The Bertz CT molecular complexity index is 975. The largest absolute Gasteiger partial charge is 0.463 e. The van der Waals surface area contributed by atoms with Crippen LogP contribution < -0.4 is 0 Å². The first kappa shape index (κ1) is 16.8. The molecule has 5 nitrogen and oxygen atoms in total. The number of carbonyl (C=O) groups is 1. The molecule has 4 rings (SSSR count). The van der Waals surface area contributed by atoms with Gasteiger partial charge in [0.1, 0.15) is 11.5 Å². The number of furan rings is 1. The third-order valence-corrected chi connectivity index (χ3v) is 5.09.